The first-order valence-corrected chi connectivity index (χ1v) is 10.8. The highest BCUT2D eigenvalue weighted by molar-refractivity contribution is 7.98. The molecule has 3 aromatic rings. The van der Waals surface area contributed by atoms with E-state index in [2.05, 4.69) is 15.3 Å². The highest BCUT2D eigenvalue weighted by atomic mass is 32.2. The van der Waals surface area contributed by atoms with Crippen LogP contribution in [0.5, 0.6) is 11.8 Å². The molecule has 30 heavy (non-hydrogen) atoms. The van der Waals surface area contributed by atoms with E-state index < -0.39 is 0 Å². The molecule has 0 radical (unpaired) electrons. The number of carbonyl (C=O) groups is 1. The number of hydrogen-bond donors (Lipinski definition) is 1. The molecule has 7 heteroatoms. The molecule has 1 N–H and O–H groups in total. The lowest BCUT2D eigenvalue weighted by Gasteiger charge is -2.18. The number of ether oxygens (including phenoxy) is 2. The Morgan fingerprint density at radius 1 is 0.933 bits per heavy atom. The quantitative estimate of drug-likeness (QED) is 0.502. The molecule has 0 saturated heterocycles. The van der Waals surface area contributed by atoms with Gasteiger partial charge < -0.3 is 14.8 Å². The fourth-order valence-electron chi connectivity index (χ4n) is 3.02. The Kier molecular flexibility index (Phi) is 8.09. The van der Waals surface area contributed by atoms with E-state index in [9.17, 15) is 4.79 Å². The van der Waals surface area contributed by atoms with Crippen LogP contribution in [0.1, 0.15) is 22.9 Å². The van der Waals surface area contributed by atoms with Crippen LogP contribution in [0, 0.1) is 0 Å². The van der Waals surface area contributed by atoms with E-state index in [1.54, 1.807) is 32.0 Å². The van der Waals surface area contributed by atoms with Gasteiger partial charge in [-0.05, 0) is 11.1 Å². The van der Waals surface area contributed by atoms with Gasteiger partial charge in [0, 0.05) is 12.3 Å². The normalized spacial score (nSPS) is 10.6. The molecule has 0 aliphatic carbocycles. The fourth-order valence-corrected chi connectivity index (χ4v) is 3.72. The molecule has 3 rings (SSSR count). The number of nitrogens with zero attached hydrogens (tertiary/aromatic N) is 2. The van der Waals surface area contributed by atoms with Crippen LogP contribution in [-0.4, -0.2) is 42.4 Å². The van der Waals surface area contributed by atoms with Gasteiger partial charge in [0.25, 0.3) is 0 Å². The van der Waals surface area contributed by atoms with Crippen LogP contribution in [0.15, 0.2) is 66.7 Å². The monoisotopic (exact) mass is 423 g/mol. The summed E-state index contributed by atoms with van der Waals surface area (Å²) in [5.74, 6) is 2.58. The van der Waals surface area contributed by atoms with Crippen molar-refractivity contribution in [2.75, 3.05) is 26.5 Å². The molecular weight excluding hydrogens is 398 g/mol. The molecule has 0 aliphatic heterocycles. The zero-order chi connectivity index (χ0) is 21.2. The number of methoxy groups -OCH3 is 2. The minimum atomic E-state index is -0.330. The van der Waals surface area contributed by atoms with Crippen molar-refractivity contribution in [3.8, 4) is 11.8 Å². The summed E-state index contributed by atoms with van der Waals surface area (Å²) in [5.41, 5.74) is 1.96. The lowest BCUT2D eigenvalue weighted by Crippen LogP contribution is -2.31. The van der Waals surface area contributed by atoms with Crippen molar-refractivity contribution in [3.63, 3.8) is 0 Å². The number of carbonyl (C=O) groups excluding carboxylic acids is 1. The number of thioether (sulfide) groups is 1. The second-order valence-electron chi connectivity index (χ2n) is 6.47. The van der Waals surface area contributed by atoms with Crippen molar-refractivity contribution in [2.24, 2.45) is 0 Å². The molecule has 1 heterocycles. The molecule has 156 valence electrons. The molecule has 2 aromatic carbocycles. The van der Waals surface area contributed by atoms with Gasteiger partial charge in [-0.15, -0.1) is 0 Å². The van der Waals surface area contributed by atoms with Gasteiger partial charge in [-0.2, -0.15) is 21.7 Å². The van der Waals surface area contributed by atoms with Crippen molar-refractivity contribution in [2.45, 2.75) is 11.7 Å². The largest absolute Gasteiger partial charge is 0.481 e. The average Bonchev–Trinajstić information content (AvgIpc) is 2.80. The summed E-state index contributed by atoms with van der Waals surface area (Å²) in [7, 11) is 3.12. The minimum Gasteiger partial charge on any atom is -0.481 e. The SMILES string of the molecule is COc1cc(OC)nc(CSCCNC(=O)C(c2ccccc2)c2ccccc2)n1. The third-order valence-electron chi connectivity index (χ3n) is 4.45. The van der Waals surface area contributed by atoms with E-state index in [4.69, 9.17) is 9.47 Å². The number of amides is 1. The summed E-state index contributed by atoms with van der Waals surface area (Å²) < 4.78 is 10.3. The van der Waals surface area contributed by atoms with Crippen molar-refractivity contribution in [1.82, 2.24) is 15.3 Å². The fraction of sp³-hybridized carbons (Fsp3) is 0.261. The van der Waals surface area contributed by atoms with Gasteiger partial charge in [-0.25, -0.2) is 0 Å². The summed E-state index contributed by atoms with van der Waals surface area (Å²) >= 11 is 1.64. The van der Waals surface area contributed by atoms with Gasteiger partial charge in [-0.1, -0.05) is 60.7 Å². The van der Waals surface area contributed by atoms with Crippen molar-refractivity contribution in [1.29, 1.82) is 0 Å². The minimum absolute atomic E-state index is 0.00713. The molecule has 0 bridgehead atoms. The second-order valence-corrected chi connectivity index (χ2v) is 7.57. The second kappa shape index (κ2) is 11.2. The lowest BCUT2D eigenvalue weighted by atomic mass is 9.90. The maximum Gasteiger partial charge on any atom is 0.232 e. The van der Waals surface area contributed by atoms with Crippen LogP contribution < -0.4 is 14.8 Å². The van der Waals surface area contributed by atoms with Gasteiger partial charge in [-0.3, -0.25) is 4.79 Å². The van der Waals surface area contributed by atoms with Crippen LogP contribution in [-0.2, 0) is 10.5 Å². The summed E-state index contributed by atoms with van der Waals surface area (Å²) in [5, 5.41) is 3.06. The van der Waals surface area contributed by atoms with Crippen LogP contribution in [0.3, 0.4) is 0 Å². The maximum atomic E-state index is 13.0. The number of rotatable bonds is 10. The number of aromatic nitrogens is 2. The Morgan fingerprint density at radius 3 is 1.97 bits per heavy atom. The molecule has 0 unspecified atom stereocenters. The first kappa shape index (κ1) is 21.6. The molecule has 0 saturated carbocycles. The third-order valence-corrected chi connectivity index (χ3v) is 5.40. The Morgan fingerprint density at radius 2 is 1.47 bits per heavy atom. The Labute approximate surface area is 181 Å². The number of hydrogen-bond acceptors (Lipinski definition) is 6. The van der Waals surface area contributed by atoms with Gasteiger partial charge in [0.15, 0.2) is 0 Å². The first-order chi connectivity index (χ1) is 14.7. The number of nitrogens with one attached hydrogen (secondary N) is 1. The molecule has 0 atom stereocenters. The zero-order valence-corrected chi connectivity index (χ0v) is 17.9. The summed E-state index contributed by atoms with van der Waals surface area (Å²) in [6, 6.07) is 21.3. The van der Waals surface area contributed by atoms with E-state index in [1.165, 1.54) is 0 Å². The molecule has 6 nitrogen and oxygen atoms in total. The van der Waals surface area contributed by atoms with Gasteiger partial charge in [0.05, 0.1) is 32.0 Å². The maximum absolute atomic E-state index is 13.0. The lowest BCUT2D eigenvalue weighted by molar-refractivity contribution is -0.121. The smallest absolute Gasteiger partial charge is 0.232 e. The topological polar surface area (TPSA) is 73.3 Å². The summed E-state index contributed by atoms with van der Waals surface area (Å²) in [6.07, 6.45) is 0. The zero-order valence-electron chi connectivity index (χ0n) is 17.1. The third kappa shape index (κ3) is 5.97. The van der Waals surface area contributed by atoms with Crippen molar-refractivity contribution >= 4 is 17.7 Å². The Bertz CT molecular complexity index is 877. The summed E-state index contributed by atoms with van der Waals surface area (Å²) in [6.45, 7) is 0.556. The standard InChI is InChI=1S/C23H25N3O3S/c1-28-20-15-21(29-2)26-19(25-20)16-30-14-13-24-23(27)22(17-9-5-3-6-10-17)18-11-7-4-8-12-18/h3-12,15,22H,13-14,16H2,1-2H3,(H,24,27). The first-order valence-electron chi connectivity index (χ1n) is 9.62. The Balaban J connectivity index is 1.55. The van der Waals surface area contributed by atoms with E-state index >= 15 is 0 Å². The Hall–Kier alpha value is -3.06. The van der Waals surface area contributed by atoms with Crippen LogP contribution in [0.4, 0.5) is 0 Å². The van der Waals surface area contributed by atoms with E-state index in [-0.39, 0.29) is 11.8 Å². The molecule has 1 amide bonds. The van der Waals surface area contributed by atoms with Crippen LogP contribution >= 0.6 is 11.8 Å². The average molecular weight is 424 g/mol. The predicted molar refractivity (Wildman–Crippen MR) is 119 cm³/mol. The molecular formula is C23H25N3O3S. The summed E-state index contributed by atoms with van der Waals surface area (Å²) in [4.78, 5) is 21.6. The highest BCUT2D eigenvalue weighted by Gasteiger charge is 2.21. The van der Waals surface area contributed by atoms with E-state index in [0.717, 1.165) is 16.9 Å². The number of benzene rings is 2. The highest BCUT2D eigenvalue weighted by Crippen LogP contribution is 2.24. The molecule has 0 fully saturated rings. The van der Waals surface area contributed by atoms with Crippen molar-refractivity contribution in [3.05, 3.63) is 83.7 Å². The molecule has 1 aromatic heterocycles. The predicted octanol–water partition coefficient (Wildman–Crippen LogP) is 3.68. The van der Waals surface area contributed by atoms with Crippen LogP contribution in [0.2, 0.25) is 0 Å². The van der Waals surface area contributed by atoms with E-state index in [0.29, 0.717) is 29.9 Å². The van der Waals surface area contributed by atoms with Gasteiger partial charge in [0.2, 0.25) is 17.7 Å². The van der Waals surface area contributed by atoms with Gasteiger partial charge in [0.1, 0.15) is 5.82 Å². The van der Waals surface area contributed by atoms with E-state index in [1.807, 2.05) is 60.7 Å². The van der Waals surface area contributed by atoms with Gasteiger partial charge >= 0.3 is 0 Å². The van der Waals surface area contributed by atoms with Crippen molar-refractivity contribution < 1.29 is 14.3 Å². The molecule has 0 aliphatic rings. The van der Waals surface area contributed by atoms with Crippen LogP contribution in [0.25, 0.3) is 0 Å². The molecule has 0 spiro atoms.